The Morgan fingerprint density at radius 1 is 0.308 bits per heavy atom. The summed E-state index contributed by atoms with van der Waals surface area (Å²) < 4.78 is 0. The predicted molar refractivity (Wildman–Crippen MR) is 129 cm³/mol. The van der Waals surface area contributed by atoms with Gasteiger partial charge in [0.1, 0.15) is 0 Å². The summed E-state index contributed by atoms with van der Waals surface area (Å²) in [5.41, 5.74) is 0. The zero-order chi connectivity index (χ0) is 19.3. The summed E-state index contributed by atoms with van der Waals surface area (Å²) in [6.07, 6.45) is 31.7. The van der Waals surface area contributed by atoms with Gasteiger partial charge in [-0.1, -0.05) is 0 Å². The number of hydrogen-bond acceptors (Lipinski definition) is 0. The topological polar surface area (TPSA) is 0 Å². The molecule has 0 N–H and O–H groups in total. The van der Waals surface area contributed by atoms with Crippen LogP contribution in [-0.2, 0) is 0 Å². The second-order valence-corrected chi connectivity index (χ2v) is 14.1. The van der Waals surface area contributed by atoms with Crippen molar-refractivity contribution in [1.82, 2.24) is 0 Å². The molecular formula is C25H55P. The molecule has 0 aromatic carbocycles. The fourth-order valence-electron chi connectivity index (χ4n) is 4.77. The van der Waals surface area contributed by atoms with E-state index < -0.39 is 7.26 Å². The molecule has 0 atom stereocenters. The number of hydrogen-bond donors (Lipinski definition) is 0. The molecule has 0 spiro atoms. The first-order chi connectivity index (χ1) is 12.7. The van der Waals surface area contributed by atoms with Crippen molar-refractivity contribution in [1.29, 1.82) is 0 Å². The Kier molecular flexibility index (Phi) is 20.5. The average molecular weight is 387 g/mol. The van der Waals surface area contributed by atoms with Crippen molar-refractivity contribution in [3.05, 3.63) is 0 Å². The predicted octanol–water partition coefficient (Wildman–Crippen LogP) is 9.45. The van der Waals surface area contributed by atoms with E-state index in [9.17, 15) is 0 Å². The van der Waals surface area contributed by atoms with E-state index in [2.05, 4.69) is 27.7 Å². The SMILES string of the molecule is CCCCCCCC[PH](CCC)(CCCCCCC)CCCCCCC. The molecule has 1 heteroatoms. The van der Waals surface area contributed by atoms with E-state index in [1.165, 1.54) is 89.9 Å². The third kappa shape index (κ3) is 15.5. The first-order valence-electron chi connectivity index (χ1n) is 12.7. The number of rotatable bonds is 21. The van der Waals surface area contributed by atoms with Crippen LogP contribution in [0.3, 0.4) is 0 Å². The van der Waals surface area contributed by atoms with Crippen molar-refractivity contribution in [2.45, 2.75) is 137 Å². The molecule has 0 nitrogen and oxygen atoms in total. The fraction of sp³-hybridized carbons (Fsp3) is 1.00. The van der Waals surface area contributed by atoms with E-state index >= 15 is 0 Å². The molecular weight excluding hydrogens is 331 g/mol. The molecule has 0 rings (SSSR count). The van der Waals surface area contributed by atoms with Crippen molar-refractivity contribution in [2.24, 2.45) is 0 Å². The molecule has 0 saturated heterocycles. The van der Waals surface area contributed by atoms with Gasteiger partial charge in [-0.3, -0.25) is 0 Å². The fourth-order valence-corrected chi connectivity index (χ4v) is 10.3. The molecule has 0 aliphatic rings. The Bertz CT molecular complexity index is 247. The molecule has 0 saturated carbocycles. The van der Waals surface area contributed by atoms with Crippen LogP contribution in [-0.4, -0.2) is 24.6 Å². The minimum absolute atomic E-state index is 0.984. The van der Waals surface area contributed by atoms with E-state index in [0.29, 0.717) is 0 Å². The van der Waals surface area contributed by atoms with Crippen LogP contribution in [0.25, 0.3) is 0 Å². The van der Waals surface area contributed by atoms with Gasteiger partial charge in [0.15, 0.2) is 0 Å². The van der Waals surface area contributed by atoms with Gasteiger partial charge in [0, 0.05) is 0 Å². The van der Waals surface area contributed by atoms with Gasteiger partial charge in [0.2, 0.25) is 0 Å². The quantitative estimate of drug-likeness (QED) is 0.136. The van der Waals surface area contributed by atoms with Crippen molar-refractivity contribution in [2.75, 3.05) is 24.6 Å². The van der Waals surface area contributed by atoms with Crippen LogP contribution in [0.4, 0.5) is 0 Å². The van der Waals surface area contributed by atoms with Crippen LogP contribution in [0.1, 0.15) is 137 Å². The molecule has 0 radical (unpaired) electrons. The van der Waals surface area contributed by atoms with Crippen molar-refractivity contribution < 1.29 is 0 Å². The second kappa shape index (κ2) is 20.2. The zero-order valence-corrected chi connectivity index (χ0v) is 20.3. The maximum absolute atomic E-state index is 2.46. The Morgan fingerprint density at radius 3 is 0.923 bits per heavy atom. The Hall–Kier alpha value is 0.430. The van der Waals surface area contributed by atoms with Gasteiger partial charge in [0.25, 0.3) is 0 Å². The Balaban J connectivity index is 4.39. The van der Waals surface area contributed by atoms with E-state index in [0.717, 1.165) is 0 Å². The van der Waals surface area contributed by atoms with E-state index in [-0.39, 0.29) is 0 Å². The van der Waals surface area contributed by atoms with Gasteiger partial charge in [-0.15, -0.1) is 0 Å². The van der Waals surface area contributed by atoms with Crippen LogP contribution in [0, 0.1) is 0 Å². The van der Waals surface area contributed by atoms with E-state index in [4.69, 9.17) is 0 Å². The van der Waals surface area contributed by atoms with Crippen molar-refractivity contribution >= 4 is 7.26 Å². The second-order valence-electron chi connectivity index (χ2n) is 9.10. The standard InChI is InChI=1S/C25H55P/c1-5-9-12-15-18-21-25-26(22-8-4,23-19-16-13-10-6-2)24-20-17-14-11-7-3/h26H,5-25H2,1-4H3. The van der Waals surface area contributed by atoms with Gasteiger partial charge >= 0.3 is 169 Å². The molecule has 0 unspecified atom stereocenters. The normalized spacial score (nSPS) is 12.6. The molecule has 0 amide bonds. The van der Waals surface area contributed by atoms with Gasteiger partial charge in [-0.05, 0) is 0 Å². The third-order valence-electron chi connectivity index (χ3n) is 6.46. The van der Waals surface area contributed by atoms with Crippen LogP contribution >= 0.6 is 7.26 Å². The summed E-state index contributed by atoms with van der Waals surface area (Å²) in [5.74, 6) is 0. The van der Waals surface area contributed by atoms with E-state index in [1.807, 2.05) is 0 Å². The first-order valence-corrected chi connectivity index (χ1v) is 15.6. The molecule has 0 fully saturated rings. The minimum atomic E-state index is -0.984. The molecule has 160 valence electrons. The van der Waals surface area contributed by atoms with Gasteiger partial charge in [0.05, 0.1) is 0 Å². The monoisotopic (exact) mass is 386 g/mol. The van der Waals surface area contributed by atoms with Gasteiger partial charge in [-0.25, -0.2) is 0 Å². The van der Waals surface area contributed by atoms with Gasteiger partial charge in [-0.2, -0.15) is 0 Å². The molecule has 0 aliphatic heterocycles. The van der Waals surface area contributed by atoms with Crippen LogP contribution < -0.4 is 0 Å². The van der Waals surface area contributed by atoms with Gasteiger partial charge < -0.3 is 0 Å². The molecule has 0 aromatic heterocycles. The molecule has 26 heavy (non-hydrogen) atoms. The average Bonchev–Trinajstić information content (AvgIpc) is 2.64. The van der Waals surface area contributed by atoms with Crippen molar-refractivity contribution in [3.8, 4) is 0 Å². The zero-order valence-electron chi connectivity index (χ0n) is 19.3. The molecule has 0 aromatic rings. The molecule has 0 aliphatic carbocycles. The maximum atomic E-state index is 2.46. The van der Waals surface area contributed by atoms with Crippen molar-refractivity contribution in [3.63, 3.8) is 0 Å². The van der Waals surface area contributed by atoms with E-state index in [1.54, 1.807) is 43.9 Å². The Morgan fingerprint density at radius 2 is 0.615 bits per heavy atom. The Labute approximate surface area is 169 Å². The van der Waals surface area contributed by atoms with Crippen LogP contribution in [0.2, 0.25) is 0 Å². The number of unbranched alkanes of at least 4 members (excludes halogenated alkanes) is 13. The van der Waals surface area contributed by atoms with Crippen LogP contribution in [0.15, 0.2) is 0 Å². The first kappa shape index (κ1) is 26.4. The summed E-state index contributed by atoms with van der Waals surface area (Å²) in [7, 11) is -0.984. The molecule has 0 bridgehead atoms. The summed E-state index contributed by atoms with van der Waals surface area (Å²) in [4.78, 5) is 0. The summed E-state index contributed by atoms with van der Waals surface area (Å²) in [6, 6.07) is 0. The third-order valence-corrected chi connectivity index (χ3v) is 12.3. The molecule has 0 heterocycles. The summed E-state index contributed by atoms with van der Waals surface area (Å²) in [5, 5.41) is 0. The summed E-state index contributed by atoms with van der Waals surface area (Å²) in [6.45, 7) is 9.46. The summed E-state index contributed by atoms with van der Waals surface area (Å²) >= 11 is 0. The van der Waals surface area contributed by atoms with Crippen LogP contribution in [0.5, 0.6) is 0 Å².